The second-order valence-electron chi connectivity index (χ2n) is 9.30. The van der Waals surface area contributed by atoms with E-state index in [-0.39, 0.29) is 17.9 Å². The minimum atomic E-state index is -0.891. The molecule has 7 heteroatoms. The number of ether oxygens (including phenoxy) is 1. The van der Waals surface area contributed by atoms with Crippen molar-refractivity contribution in [1.82, 2.24) is 15.5 Å². The summed E-state index contributed by atoms with van der Waals surface area (Å²) >= 11 is 0. The van der Waals surface area contributed by atoms with Gasteiger partial charge in [-0.2, -0.15) is 5.26 Å². The minimum Gasteiger partial charge on any atom is -0.445 e. The van der Waals surface area contributed by atoms with Crippen LogP contribution in [0.5, 0.6) is 0 Å². The molecule has 2 amide bonds. The second kappa shape index (κ2) is 11.1. The molecular formula is C24H36N4O3. The summed E-state index contributed by atoms with van der Waals surface area (Å²) in [6, 6.07) is 11.0. The standard InChI is InChI=1S/C24H36N4O3/c1-5-23(2,3)12-11-20(26-22(30)31-17-19-9-7-6-8-10-19)21(29)27-24(18-25)13-15-28(4)16-14-24/h6-10,20H,5,11-17H2,1-4H3,(H,26,30)(H,27,29). The van der Waals surface area contributed by atoms with Crippen LogP contribution in [0.1, 0.15) is 58.4 Å². The van der Waals surface area contributed by atoms with Crippen LogP contribution in [0.2, 0.25) is 0 Å². The molecule has 170 valence electrons. The first-order valence-corrected chi connectivity index (χ1v) is 11.1. The lowest BCUT2D eigenvalue weighted by atomic mass is 9.83. The van der Waals surface area contributed by atoms with E-state index in [0.29, 0.717) is 19.3 Å². The quantitative estimate of drug-likeness (QED) is 0.627. The zero-order chi connectivity index (χ0) is 22.9. The van der Waals surface area contributed by atoms with Crippen LogP contribution in [0.4, 0.5) is 4.79 Å². The molecule has 1 unspecified atom stereocenters. The van der Waals surface area contributed by atoms with Gasteiger partial charge in [-0.3, -0.25) is 4.79 Å². The van der Waals surface area contributed by atoms with Crippen LogP contribution in [-0.4, -0.2) is 48.6 Å². The van der Waals surface area contributed by atoms with Crippen LogP contribution in [-0.2, 0) is 16.1 Å². The van der Waals surface area contributed by atoms with E-state index in [2.05, 4.69) is 42.4 Å². The lowest BCUT2D eigenvalue weighted by Crippen LogP contribution is -2.58. The highest BCUT2D eigenvalue weighted by molar-refractivity contribution is 5.86. The Balaban J connectivity index is 2.03. The third-order valence-electron chi connectivity index (χ3n) is 6.31. The van der Waals surface area contributed by atoms with Crippen LogP contribution >= 0.6 is 0 Å². The summed E-state index contributed by atoms with van der Waals surface area (Å²) in [5.74, 6) is -0.324. The van der Waals surface area contributed by atoms with Crippen molar-refractivity contribution in [2.24, 2.45) is 5.41 Å². The molecular weight excluding hydrogens is 392 g/mol. The van der Waals surface area contributed by atoms with E-state index in [1.807, 2.05) is 37.4 Å². The van der Waals surface area contributed by atoms with Crippen LogP contribution < -0.4 is 10.6 Å². The molecule has 7 nitrogen and oxygen atoms in total. The maximum absolute atomic E-state index is 13.1. The third kappa shape index (κ3) is 7.87. The molecule has 0 radical (unpaired) electrons. The molecule has 1 fully saturated rings. The maximum Gasteiger partial charge on any atom is 0.408 e. The first-order chi connectivity index (χ1) is 14.7. The van der Waals surface area contributed by atoms with Gasteiger partial charge in [-0.05, 0) is 43.7 Å². The van der Waals surface area contributed by atoms with E-state index in [9.17, 15) is 14.9 Å². The summed E-state index contributed by atoms with van der Waals surface area (Å²) in [6.07, 6.45) is 2.72. The SMILES string of the molecule is CCC(C)(C)CCC(NC(=O)OCc1ccccc1)C(=O)NC1(C#N)CCN(C)CC1. The molecule has 0 spiro atoms. The minimum absolute atomic E-state index is 0.0502. The molecule has 1 aromatic carbocycles. The molecule has 1 heterocycles. The predicted octanol–water partition coefficient (Wildman–Crippen LogP) is 3.60. The number of alkyl carbamates (subject to hydrolysis) is 1. The Kier molecular flexibility index (Phi) is 8.88. The largest absolute Gasteiger partial charge is 0.445 e. The van der Waals surface area contributed by atoms with E-state index in [0.717, 1.165) is 31.5 Å². The number of nitrogens with zero attached hydrogens (tertiary/aromatic N) is 2. The number of likely N-dealkylation sites (tertiary alicyclic amines) is 1. The van der Waals surface area contributed by atoms with E-state index >= 15 is 0 Å². The molecule has 1 aromatic rings. The topological polar surface area (TPSA) is 94.5 Å². The number of piperidine rings is 1. The molecule has 31 heavy (non-hydrogen) atoms. The molecule has 0 aliphatic carbocycles. The summed E-state index contributed by atoms with van der Waals surface area (Å²) < 4.78 is 5.32. The number of carbonyl (C=O) groups excluding carboxylic acids is 2. The van der Waals surface area contributed by atoms with Gasteiger partial charge in [0.15, 0.2) is 0 Å². The molecule has 2 N–H and O–H groups in total. The third-order valence-corrected chi connectivity index (χ3v) is 6.31. The van der Waals surface area contributed by atoms with Crippen molar-refractivity contribution in [3.05, 3.63) is 35.9 Å². The Hall–Kier alpha value is -2.59. The molecule has 1 aliphatic rings. The maximum atomic E-state index is 13.1. The van der Waals surface area contributed by atoms with Gasteiger partial charge in [-0.15, -0.1) is 0 Å². The van der Waals surface area contributed by atoms with Crippen molar-refractivity contribution in [2.75, 3.05) is 20.1 Å². The number of hydrogen-bond acceptors (Lipinski definition) is 5. The molecule has 0 saturated carbocycles. The first kappa shape index (κ1) is 24.7. The fourth-order valence-electron chi connectivity index (χ4n) is 3.48. The van der Waals surface area contributed by atoms with Gasteiger partial charge in [0.2, 0.25) is 5.91 Å². The highest BCUT2D eigenvalue weighted by Crippen LogP contribution is 2.27. The highest BCUT2D eigenvalue weighted by atomic mass is 16.5. The van der Waals surface area contributed by atoms with Gasteiger partial charge >= 0.3 is 6.09 Å². The highest BCUT2D eigenvalue weighted by Gasteiger charge is 2.37. The number of nitrogens with one attached hydrogen (secondary N) is 2. The molecule has 1 aliphatic heterocycles. The van der Waals surface area contributed by atoms with Crippen molar-refractivity contribution in [3.63, 3.8) is 0 Å². The average molecular weight is 429 g/mol. The predicted molar refractivity (Wildman–Crippen MR) is 120 cm³/mol. The van der Waals surface area contributed by atoms with Crippen molar-refractivity contribution in [3.8, 4) is 6.07 Å². The lowest BCUT2D eigenvalue weighted by Gasteiger charge is -2.37. The summed E-state index contributed by atoms with van der Waals surface area (Å²) in [5.41, 5.74) is 0.0346. The fraction of sp³-hybridized carbons (Fsp3) is 0.625. The second-order valence-corrected chi connectivity index (χ2v) is 9.30. The molecule has 1 atom stereocenters. The molecule has 0 aromatic heterocycles. The summed E-state index contributed by atoms with van der Waals surface area (Å²) in [6.45, 7) is 8.02. The van der Waals surface area contributed by atoms with Gasteiger partial charge in [0, 0.05) is 13.1 Å². The zero-order valence-corrected chi connectivity index (χ0v) is 19.2. The van der Waals surface area contributed by atoms with Crippen LogP contribution in [0.15, 0.2) is 30.3 Å². The Labute approximate surface area is 186 Å². The van der Waals surface area contributed by atoms with Crippen molar-refractivity contribution in [1.29, 1.82) is 5.26 Å². The van der Waals surface area contributed by atoms with E-state index in [1.165, 1.54) is 0 Å². The number of hydrogen-bond donors (Lipinski definition) is 2. The smallest absolute Gasteiger partial charge is 0.408 e. The van der Waals surface area contributed by atoms with Crippen LogP contribution in [0.25, 0.3) is 0 Å². The summed E-state index contributed by atoms with van der Waals surface area (Å²) in [7, 11) is 2.00. The zero-order valence-electron chi connectivity index (χ0n) is 19.2. The van der Waals surface area contributed by atoms with Crippen molar-refractivity contribution >= 4 is 12.0 Å². The van der Waals surface area contributed by atoms with Gasteiger partial charge in [0.05, 0.1) is 6.07 Å². The van der Waals surface area contributed by atoms with Gasteiger partial charge in [-0.25, -0.2) is 4.79 Å². The van der Waals surface area contributed by atoms with Gasteiger partial charge in [0.1, 0.15) is 18.2 Å². The Morgan fingerprint density at radius 3 is 2.48 bits per heavy atom. The number of carbonyl (C=O) groups is 2. The van der Waals surface area contributed by atoms with Crippen LogP contribution in [0, 0.1) is 16.7 Å². The van der Waals surface area contributed by atoms with Crippen molar-refractivity contribution < 1.29 is 14.3 Å². The Morgan fingerprint density at radius 1 is 1.26 bits per heavy atom. The molecule has 1 saturated heterocycles. The average Bonchev–Trinajstić information content (AvgIpc) is 2.77. The first-order valence-electron chi connectivity index (χ1n) is 11.1. The Morgan fingerprint density at radius 2 is 1.90 bits per heavy atom. The number of rotatable bonds is 9. The molecule has 0 bridgehead atoms. The van der Waals surface area contributed by atoms with E-state index in [1.54, 1.807) is 0 Å². The summed E-state index contributed by atoms with van der Waals surface area (Å²) in [5, 5.41) is 15.4. The van der Waals surface area contributed by atoms with Gasteiger partial charge in [-0.1, -0.05) is 57.5 Å². The van der Waals surface area contributed by atoms with Crippen LogP contribution in [0.3, 0.4) is 0 Å². The Bertz CT molecular complexity index is 765. The number of benzene rings is 1. The van der Waals surface area contributed by atoms with E-state index in [4.69, 9.17) is 4.74 Å². The van der Waals surface area contributed by atoms with Crippen molar-refractivity contribution in [2.45, 2.75) is 71.1 Å². The normalized spacial score (nSPS) is 17.3. The fourth-order valence-corrected chi connectivity index (χ4v) is 3.48. The molecule has 2 rings (SSSR count). The summed E-state index contributed by atoms with van der Waals surface area (Å²) in [4.78, 5) is 27.7. The lowest BCUT2D eigenvalue weighted by molar-refractivity contribution is -0.125. The number of nitriles is 1. The number of amides is 2. The van der Waals surface area contributed by atoms with E-state index < -0.39 is 17.7 Å². The van der Waals surface area contributed by atoms with Gasteiger partial charge in [0.25, 0.3) is 0 Å². The van der Waals surface area contributed by atoms with Gasteiger partial charge < -0.3 is 20.3 Å². The monoisotopic (exact) mass is 428 g/mol.